The number of hydrogen-bond acceptors (Lipinski definition) is 3. The zero-order valence-electron chi connectivity index (χ0n) is 14.0. The van der Waals surface area contributed by atoms with Crippen molar-refractivity contribution >= 4 is 41.8 Å². The molecule has 132 valence electrons. The average molecular weight is 437 g/mol. The molecule has 0 aromatic heterocycles. The van der Waals surface area contributed by atoms with Crippen LogP contribution in [0.2, 0.25) is 0 Å². The van der Waals surface area contributed by atoms with Crippen molar-refractivity contribution in [3.8, 4) is 0 Å². The molecule has 1 rings (SSSR count). The number of aliphatic imine (C=N–C) groups is 1. The number of primary amides is 1. The predicted octanol–water partition coefficient (Wildman–Crippen LogP) is 0.412. The fraction of sp³-hybridized carbons (Fsp3) is 0.667. The Morgan fingerprint density at radius 2 is 2.17 bits per heavy atom. The number of guanidine groups is 1. The van der Waals surface area contributed by atoms with Crippen LogP contribution in [0.4, 0.5) is 0 Å². The van der Waals surface area contributed by atoms with Crippen LogP contribution in [0.5, 0.6) is 0 Å². The normalized spacial score (nSPS) is 17.9. The molecule has 1 fully saturated rings. The van der Waals surface area contributed by atoms with Gasteiger partial charge in [-0.05, 0) is 18.8 Å². The highest BCUT2D eigenvalue weighted by Gasteiger charge is 2.23. The third-order valence-corrected chi connectivity index (χ3v) is 3.58. The van der Waals surface area contributed by atoms with Gasteiger partial charge in [-0.3, -0.25) is 9.59 Å². The molecule has 1 atom stereocenters. The minimum absolute atomic E-state index is 0. The number of rotatable bonds is 6. The number of likely N-dealkylation sites (N-methyl/N-ethyl adjacent to an activating group) is 1. The molecule has 1 aliphatic heterocycles. The largest absolute Gasteiger partial charge is 0.370 e. The highest BCUT2D eigenvalue weighted by molar-refractivity contribution is 14.0. The molecule has 0 spiro atoms. The maximum atomic E-state index is 11.7. The average Bonchev–Trinajstić information content (AvgIpc) is 2.46. The molecule has 0 aromatic rings. The van der Waals surface area contributed by atoms with Crippen molar-refractivity contribution < 1.29 is 9.59 Å². The van der Waals surface area contributed by atoms with E-state index in [4.69, 9.17) is 5.73 Å². The number of likely N-dealkylation sites (tertiary alicyclic amines) is 1. The Morgan fingerprint density at radius 1 is 1.48 bits per heavy atom. The van der Waals surface area contributed by atoms with Crippen LogP contribution in [-0.4, -0.2) is 67.8 Å². The van der Waals surface area contributed by atoms with E-state index in [2.05, 4.69) is 21.8 Å². The van der Waals surface area contributed by atoms with Gasteiger partial charge in [-0.15, -0.1) is 30.6 Å². The van der Waals surface area contributed by atoms with E-state index in [-0.39, 0.29) is 48.3 Å². The summed E-state index contributed by atoms with van der Waals surface area (Å²) in [4.78, 5) is 30.8. The summed E-state index contributed by atoms with van der Waals surface area (Å²) in [6, 6.07) is 0. The van der Waals surface area contributed by atoms with Crippen LogP contribution < -0.4 is 11.1 Å². The lowest BCUT2D eigenvalue weighted by atomic mass is 9.95. The van der Waals surface area contributed by atoms with E-state index in [0.717, 1.165) is 25.9 Å². The van der Waals surface area contributed by atoms with Gasteiger partial charge >= 0.3 is 0 Å². The Hall–Kier alpha value is -1.32. The van der Waals surface area contributed by atoms with Crippen molar-refractivity contribution in [1.29, 1.82) is 0 Å². The smallest absolute Gasteiger partial charge is 0.243 e. The van der Waals surface area contributed by atoms with Crippen LogP contribution in [0.25, 0.3) is 0 Å². The third kappa shape index (κ3) is 8.19. The van der Waals surface area contributed by atoms with Gasteiger partial charge in [-0.1, -0.05) is 6.08 Å². The molecule has 1 heterocycles. The van der Waals surface area contributed by atoms with Crippen molar-refractivity contribution in [2.45, 2.75) is 19.3 Å². The Balaban J connectivity index is 0.00000484. The molecular formula is C15H28IN5O2. The molecule has 3 N–H and O–H groups in total. The van der Waals surface area contributed by atoms with E-state index in [0.29, 0.717) is 18.9 Å². The van der Waals surface area contributed by atoms with Gasteiger partial charge in [0.05, 0.1) is 0 Å². The summed E-state index contributed by atoms with van der Waals surface area (Å²) in [6.45, 7) is 5.94. The summed E-state index contributed by atoms with van der Waals surface area (Å²) in [5, 5.41) is 3.18. The predicted molar refractivity (Wildman–Crippen MR) is 103 cm³/mol. The topological polar surface area (TPSA) is 91.0 Å². The summed E-state index contributed by atoms with van der Waals surface area (Å²) in [5.41, 5.74) is 5.29. The summed E-state index contributed by atoms with van der Waals surface area (Å²) >= 11 is 0. The Labute approximate surface area is 155 Å². The standard InChI is InChI=1S/C15H27N5O2.HI/c1-4-7-17-15(18-10-14(22)19(2)3)20-8-5-6-12(11-20)9-13(16)21;/h4,12H,1,5-11H2,2-3H3,(H2,16,21)(H,17,18);1H. The fourth-order valence-electron chi connectivity index (χ4n) is 2.42. The molecule has 7 nitrogen and oxygen atoms in total. The molecule has 1 aliphatic rings. The summed E-state index contributed by atoms with van der Waals surface area (Å²) in [6.07, 6.45) is 4.11. The quantitative estimate of drug-likeness (QED) is 0.273. The summed E-state index contributed by atoms with van der Waals surface area (Å²) in [7, 11) is 3.41. The summed E-state index contributed by atoms with van der Waals surface area (Å²) in [5.74, 6) is 0.603. The van der Waals surface area contributed by atoms with Crippen LogP contribution in [0.3, 0.4) is 0 Å². The monoisotopic (exact) mass is 437 g/mol. The first-order valence-corrected chi connectivity index (χ1v) is 7.56. The van der Waals surface area contributed by atoms with Gasteiger partial charge in [0, 0.05) is 40.2 Å². The van der Waals surface area contributed by atoms with E-state index in [1.165, 1.54) is 4.90 Å². The maximum absolute atomic E-state index is 11.7. The molecule has 1 unspecified atom stereocenters. The Morgan fingerprint density at radius 3 is 2.74 bits per heavy atom. The fourth-order valence-corrected chi connectivity index (χ4v) is 2.42. The van der Waals surface area contributed by atoms with Gasteiger partial charge in [0.25, 0.3) is 0 Å². The van der Waals surface area contributed by atoms with Crippen LogP contribution in [-0.2, 0) is 9.59 Å². The highest BCUT2D eigenvalue weighted by atomic mass is 127. The molecule has 1 saturated heterocycles. The lowest BCUT2D eigenvalue weighted by Gasteiger charge is -2.34. The van der Waals surface area contributed by atoms with Gasteiger partial charge in [-0.25, -0.2) is 4.99 Å². The van der Waals surface area contributed by atoms with Crippen molar-refractivity contribution in [2.24, 2.45) is 16.6 Å². The van der Waals surface area contributed by atoms with E-state index in [9.17, 15) is 9.59 Å². The minimum Gasteiger partial charge on any atom is -0.370 e. The Bertz CT molecular complexity index is 440. The second-order valence-corrected chi connectivity index (χ2v) is 5.72. The van der Waals surface area contributed by atoms with Crippen LogP contribution in [0, 0.1) is 5.92 Å². The van der Waals surface area contributed by atoms with Gasteiger partial charge in [0.15, 0.2) is 5.96 Å². The number of carbonyl (C=O) groups excluding carboxylic acids is 2. The number of nitrogens with one attached hydrogen (secondary N) is 1. The molecule has 0 saturated carbocycles. The van der Waals surface area contributed by atoms with Gasteiger partial charge in [0.1, 0.15) is 6.54 Å². The molecule has 0 aliphatic carbocycles. The van der Waals surface area contributed by atoms with E-state index in [1.54, 1.807) is 20.2 Å². The lowest BCUT2D eigenvalue weighted by Crippen LogP contribution is -2.47. The van der Waals surface area contributed by atoms with E-state index in [1.807, 2.05) is 0 Å². The zero-order valence-corrected chi connectivity index (χ0v) is 16.3. The van der Waals surface area contributed by atoms with E-state index < -0.39 is 0 Å². The van der Waals surface area contributed by atoms with Crippen LogP contribution in [0.15, 0.2) is 17.6 Å². The molecular weight excluding hydrogens is 409 g/mol. The van der Waals surface area contributed by atoms with Crippen molar-refractivity contribution in [2.75, 3.05) is 40.3 Å². The number of nitrogens with zero attached hydrogens (tertiary/aromatic N) is 3. The third-order valence-electron chi connectivity index (χ3n) is 3.58. The summed E-state index contributed by atoms with van der Waals surface area (Å²) < 4.78 is 0. The second kappa shape index (κ2) is 11.3. The molecule has 0 aromatic carbocycles. The van der Waals surface area contributed by atoms with Crippen molar-refractivity contribution in [3.05, 3.63) is 12.7 Å². The highest BCUT2D eigenvalue weighted by Crippen LogP contribution is 2.19. The number of amides is 2. The zero-order chi connectivity index (χ0) is 16.5. The van der Waals surface area contributed by atoms with Crippen LogP contribution >= 0.6 is 24.0 Å². The molecule has 23 heavy (non-hydrogen) atoms. The Kier molecular flexibility index (Phi) is 10.6. The number of piperidine rings is 1. The molecule has 0 bridgehead atoms. The molecule has 2 amide bonds. The van der Waals surface area contributed by atoms with Gasteiger partial charge < -0.3 is 20.9 Å². The molecule has 0 radical (unpaired) electrons. The number of halogens is 1. The second-order valence-electron chi connectivity index (χ2n) is 5.72. The van der Waals surface area contributed by atoms with Crippen LogP contribution in [0.1, 0.15) is 19.3 Å². The maximum Gasteiger partial charge on any atom is 0.243 e. The number of hydrogen-bond donors (Lipinski definition) is 2. The minimum atomic E-state index is -0.271. The van der Waals surface area contributed by atoms with E-state index >= 15 is 0 Å². The van der Waals surface area contributed by atoms with Crippen molar-refractivity contribution in [3.63, 3.8) is 0 Å². The number of nitrogens with two attached hydrogens (primary N) is 1. The van der Waals surface area contributed by atoms with Gasteiger partial charge in [-0.2, -0.15) is 0 Å². The first-order valence-electron chi connectivity index (χ1n) is 7.56. The lowest BCUT2D eigenvalue weighted by molar-refractivity contribution is -0.127. The SMILES string of the molecule is C=CCNC(=NCC(=O)N(C)C)N1CCCC(CC(N)=O)C1.I. The first kappa shape index (κ1) is 21.7. The van der Waals surface area contributed by atoms with Crippen molar-refractivity contribution in [1.82, 2.24) is 15.1 Å². The molecule has 8 heteroatoms. The first-order chi connectivity index (χ1) is 10.4. The number of carbonyl (C=O) groups is 2. The van der Waals surface area contributed by atoms with Gasteiger partial charge in [0.2, 0.25) is 11.8 Å².